The van der Waals surface area contributed by atoms with Crippen LogP contribution in [0.15, 0.2) is 0 Å². The topological polar surface area (TPSA) is 37.3 Å². The summed E-state index contributed by atoms with van der Waals surface area (Å²) in [6.45, 7) is 11.3. The molecule has 0 amide bonds. The first-order valence-electron chi connectivity index (χ1n) is 10.8. The van der Waals surface area contributed by atoms with Crippen LogP contribution in [0.5, 0.6) is 0 Å². The fourth-order valence-corrected chi connectivity index (χ4v) is 8.34. The van der Waals surface area contributed by atoms with Gasteiger partial charge in [0, 0.05) is 5.92 Å². The monoisotopic (exact) mass is 346 g/mol. The van der Waals surface area contributed by atoms with E-state index in [-0.39, 0.29) is 5.41 Å². The molecule has 142 valence electrons. The van der Waals surface area contributed by atoms with Crippen molar-refractivity contribution in [2.24, 2.45) is 46.3 Å². The van der Waals surface area contributed by atoms with Crippen molar-refractivity contribution in [2.75, 3.05) is 0 Å². The molecule has 0 aromatic rings. The maximum atomic E-state index is 12.3. The number of Topliss-reactive ketones (excluding diaryl/α,β-unsaturated/α-hetero) is 1. The molecule has 0 bridgehead atoms. The molecule has 0 aliphatic heterocycles. The predicted octanol–water partition coefficient (Wildman–Crippen LogP) is 5.23. The molecule has 0 aromatic carbocycles. The number of hydrogen-bond acceptors (Lipinski definition) is 2. The zero-order valence-corrected chi connectivity index (χ0v) is 17.0. The Morgan fingerprint density at radius 3 is 2.20 bits per heavy atom. The van der Waals surface area contributed by atoms with Gasteiger partial charge in [0.1, 0.15) is 5.78 Å². The lowest BCUT2D eigenvalue weighted by atomic mass is 9.44. The van der Waals surface area contributed by atoms with Crippen LogP contribution >= 0.6 is 0 Å². The van der Waals surface area contributed by atoms with Gasteiger partial charge in [-0.25, -0.2) is 0 Å². The van der Waals surface area contributed by atoms with Crippen LogP contribution in [-0.4, -0.2) is 16.5 Å². The zero-order chi connectivity index (χ0) is 18.2. The van der Waals surface area contributed by atoms with Crippen molar-refractivity contribution >= 4 is 5.78 Å². The quantitative estimate of drug-likeness (QED) is 0.706. The van der Waals surface area contributed by atoms with E-state index in [1.54, 1.807) is 0 Å². The normalized spacial score (nSPS) is 54.3. The molecule has 2 heteroatoms. The van der Waals surface area contributed by atoms with Crippen LogP contribution in [0, 0.1) is 46.3 Å². The highest BCUT2D eigenvalue weighted by atomic mass is 16.3. The SMILES string of the molecule is CC(=O)[C@H]1CC[C@H]2[C@@H]3CC(C)(C)[C@H]4C[C@](C)(O)CC[C@@H]4[C@H]3CC[C@]12C. The molecule has 25 heavy (non-hydrogen) atoms. The molecule has 2 nitrogen and oxygen atoms in total. The Morgan fingerprint density at radius 1 is 0.840 bits per heavy atom. The molecule has 4 aliphatic rings. The summed E-state index contributed by atoms with van der Waals surface area (Å²) in [6.07, 6.45) is 9.46. The number of aliphatic hydroxyl groups is 1. The highest BCUT2D eigenvalue weighted by molar-refractivity contribution is 5.79. The summed E-state index contributed by atoms with van der Waals surface area (Å²) >= 11 is 0. The van der Waals surface area contributed by atoms with Gasteiger partial charge in [-0.1, -0.05) is 20.8 Å². The van der Waals surface area contributed by atoms with Gasteiger partial charge < -0.3 is 5.11 Å². The molecule has 1 N–H and O–H groups in total. The Kier molecular flexibility index (Phi) is 4.01. The molecular weight excluding hydrogens is 308 g/mol. The number of carbonyl (C=O) groups excluding carboxylic acids is 1. The fourth-order valence-electron chi connectivity index (χ4n) is 8.34. The van der Waals surface area contributed by atoms with Crippen LogP contribution in [0.1, 0.15) is 86.0 Å². The molecule has 4 fully saturated rings. The van der Waals surface area contributed by atoms with Crippen molar-refractivity contribution in [1.29, 1.82) is 0 Å². The summed E-state index contributed by atoms with van der Waals surface area (Å²) in [5.41, 5.74) is 0.125. The predicted molar refractivity (Wildman–Crippen MR) is 101 cm³/mol. The van der Waals surface area contributed by atoms with Gasteiger partial charge in [0.25, 0.3) is 0 Å². The smallest absolute Gasteiger partial charge is 0.133 e. The van der Waals surface area contributed by atoms with Crippen LogP contribution in [0.4, 0.5) is 0 Å². The van der Waals surface area contributed by atoms with Crippen molar-refractivity contribution < 1.29 is 9.90 Å². The van der Waals surface area contributed by atoms with Crippen molar-refractivity contribution in [3.63, 3.8) is 0 Å². The fraction of sp³-hybridized carbons (Fsp3) is 0.957. The number of fused-ring (bicyclic) bond motifs is 5. The number of ketones is 1. The largest absolute Gasteiger partial charge is 0.390 e. The lowest BCUT2D eigenvalue weighted by Crippen LogP contribution is -2.55. The molecule has 4 rings (SSSR count). The van der Waals surface area contributed by atoms with Crippen LogP contribution in [0.2, 0.25) is 0 Å². The Bertz CT molecular complexity index is 562. The molecule has 0 heterocycles. The summed E-state index contributed by atoms with van der Waals surface area (Å²) in [7, 11) is 0. The lowest BCUT2D eigenvalue weighted by Gasteiger charge is -2.61. The molecule has 0 aromatic heterocycles. The van der Waals surface area contributed by atoms with E-state index >= 15 is 0 Å². The Balaban J connectivity index is 1.64. The second-order valence-corrected chi connectivity index (χ2v) is 11.4. The van der Waals surface area contributed by atoms with E-state index in [0.717, 1.165) is 42.9 Å². The van der Waals surface area contributed by atoms with Gasteiger partial charge in [0.2, 0.25) is 0 Å². The van der Waals surface area contributed by atoms with Crippen molar-refractivity contribution in [3.8, 4) is 0 Å². The minimum atomic E-state index is -0.457. The second kappa shape index (κ2) is 5.57. The van der Waals surface area contributed by atoms with E-state index < -0.39 is 5.60 Å². The van der Waals surface area contributed by atoms with Gasteiger partial charge in [-0.2, -0.15) is 0 Å². The Labute approximate surface area is 154 Å². The van der Waals surface area contributed by atoms with E-state index in [0.29, 0.717) is 23.0 Å². The summed E-state index contributed by atoms with van der Waals surface area (Å²) in [4.78, 5) is 12.3. The molecule has 0 unspecified atom stereocenters. The molecule has 4 aliphatic carbocycles. The first-order chi connectivity index (χ1) is 11.6. The maximum Gasteiger partial charge on any atom is 0.133 e. The number of carbonyl (C=O) groups is 1. The Hall–Kier alpha value is -0.370. The van der Waals surface area contributed by atoms with Crippen LogP contribution in [0.25, 0.3) is 0 Å². The van der Waals surface area contributed by atoms with E-state index in [2.05, 4.69) is 27.7 Å². The molecule has 4 saturated carbocycles. The van der Waals surface area contributed by atoms with Gasteiger partial charge in [-0.05, 0) is 106 Å². The minimum Gasteiger partial charge on any atom is -0.390 e. The van der Waals surface area contributed by atoms with E-state index in [9.17, 15) is 9.90 Å². The second-order valence-electron chi connectivity index (χ2n) is 11.4. The van der Waals surface area contributed by atoms with Crippen molar-refractivity contribution in [2.45, 2.75) is 91.6 Å². The van der Waals surface area contributed by atoms with Crippen LogP contribution < -0.4 is 0 Å². The number of hydrogen-bond donors (Lipinski definition) is 1. The van der Waals surface area contributed by atoms with E-state index in [1.165, 1.54) is 32.1 Å². The molecule has 0 saturated heterocycles. The van der Waals surface area contributed by atoms with Crippen LogP contribution in [-0.2, 0) is 4.79 Å². The first kappa shape index (κ1) is 18.0. The summed E-state index contributed by atoms with van der Waals surface area (Å²) in [6, 6.07) is 0. The van der Waals surface area contributed by atoms with Crippen molar-refractivity contribution in [3.05, 3.63) is 0 Å². The third kappa shape index (κ3) is 2.65. The molecule has 0 radical (unpaired) electrons. The standard InChI is InChI=1S/C23H38O2/c1-14(24)18-6-7-19-17-12-21(2,3)20-13-22(4,25)10-8-16(20)15(17)9-11-23(18,19)5/h15-20,25H,6-13H2,1-5H3/t15-,16-,17-,18-,19+,20+,22-,23-/m1/s1. The third-order valence-corrected chi connectivity index (χ3v) is 9.49. The average Bonchev–Trinajstić information content (AvgIpc) is 2.84. The highest BCUT2D eigenvalue weighted by Crippen LogP contribution is 2.67. The molecule has 0 spiro atoms. The zero-order valence-electron chi connectivity index (χ0n) is 17.0. The highest BCUT2D eigenvalue weighted by Gasteiger charge is 2.61. The molecular formula is C23H38O2. The molecule has 8 atom stereocenters. The average molecular weight is 347 g/mol. The summed E-state index contributed by atoms with van der Waals surface area (Å²) in [5, 5.41) is 10.7. The van der Waals surface area contributed by atoms with E-state index in [1.807, 2.05) is 6.92 Å². The third-order valence-electron chi connectivity index (χ3n) is 9.49. The van der Waals surface area contributed by atoms with Crippen molar-refractivity contribution in [1.82, 2.24) is 0 Å². The van der Waals surface area contributed by atoms with Gasteiger partial charge in [0.05, 0.1) is 5.60 Å². The summed E-state index contributed by atoms with van der Waals surface area (Å²) in [5.74, 6) is 4.63. The Morgan fingerprint density at radius 2 is 1.52 bits per heavy atom. The van der Waals surface area contributed by atoms with Gasteiger partial charge in [-0.3, -0.25) is 4.79 Å². The van der Waals surface area contributed by atoms with Gasteiger partial charge >= 0.3 is 0 Å². The lowest BCUT2D eigenvalue weighted by molar-refractivity contribution is -0.149. The van der Waals surface area contributed by atoms with E-state index in [4.69, 9.17) is 0 Å². The minimum absolute atomic E-state index is 0.260. The van der Waals surface area contributed by atoms with Gasteiger partial charge in [-0.15, -0.1) is 0 Å². The summed E-state index contributed by atoms with van der Waals surface area (Å²) < 4.78 is 0. The van der Waals surface area contributed by atoms with Crippen LogP contribution in [0.3, 0.4) is 0 Å². The van der Waals surface area contributed by atoms with Gasteiger partial charge in [0.15, 0.2) is 0 Å². The first-order valence-corrected chi connectivity index (χ1v) is 10.8. The number of rotatable bonds is 1. The maximum absolute atomic E-state index is 12.3.